The van der Waals surface area contributed by atoms with Crippen molar-refractivity contribution in [1.29, 1.82) is 0 Å². The molecule has 18 heavy (non-hydrogen) atoms. The highest BCUT2D eigenvalue weighted by atomic mass is 79.9. The summed E-state index contributed by atoms with van der Waals surface area (Å²) in [4.78, 5) is 12.7. The van der Waals surface area contributed by atoms with Crippen LogP contribution in [-0.2, 0) is 6.42 Å². The second kappa shape index (κ2) is 5.99. The Hall–Kier alpha value is -1.37. The Morgan fingerprint density at radius 2 is 2.00 bits per heavy atom. The number of aromatic nitrogens is 3. The minimum Gasteiger partial charge on any atom is -0.271 e. The normalized spacial score (nSPS) is 12.4. The van der Waals surface area contributed by atoms with Crippen LogP contribution in [0.3, 0.4) is 0 Å². The van der Waals surface area contributed by atoms with Crippen LogP contribution in [0.15, 0.2) is 35.3 Å². The van der Waals surface area contributed by atoms with E-state index in [2.05, 4.69) is 36.3 Å². The van der Waals surface area contributed by atoms with E-state index in [0.717, 1.165) is 15.6 Å². The van der Waals surface area contributed by atoms with Gasteiger partial charge in [-0.25, -0.2) is 15.4 Å². The standard InChI is InChI=1S/C12H14BrN5/c1-8-4-16-12(17-5-8)11(18-14)3-9-2-10(13)7-15-6-9/h2,4-7,11,18H,3,14H2,1H3. The van der Waals surface area contributed by atoms with Gasteiger partial charge < -0.3 is 0 Å². The van der Waals surface area contributed by atoms with Crippen LogP contribution in [-0.4, -0.2) is 15.0 Å². The van der Waals surface area contributed by atoms with Gasteiger partial charge in [-0.15, -0.1) is 0 Å². The molecule has 1 unspecified atom stereocenters. The second-order valence-corrected chi connectivity index (χ2v) is 4.97. The molecule has 2 aromatic heterocycles. The maximum Gasteiger partial charge on any atom is 0.146 e. The Balaban J connectivity index is 2.17. The smallest absolute Gasteiger partial charge is 0.146 e. The van der Waals surface area contributed by atoms with Gasteiger partial charge in [-0.05, 0) is 46.5 Å². The number of nitrogens with one attached hydrogen (secondary N) is 1. The van der Waals surface area contributed by atoms with Gasteiger partial charge in [-0.2, -0.15) is 0 Å². The fourth-order valence-electron chi connectivity index (χ4n) is 1.61. The van der Waals surface area contributed by atoms with Crippen LogP contribution in [0.4, 0.5) is 0 Å². The summed E-state index contributed by atoms with van der Waals surface area (Å²) in [6.07, 6.45) is 7.81. The van der Waals surface area contributed by atoms with E-state index in [1.165, 1.54) is 0 Å². The highest BCUT2D eigenvalue weighted by Gasteiger charge is 2.13. The topological polar surface area (TPSA) is 76.7 Å². The number of nitrogens with zero attached hydrogens (tertiary/aromatic N) is 3. The molecule has 3 N–H and O–H groups in total. The minimum absolute atomic E-state index is 0.123. The average molecular weight is 308 g/mol. The molecule has 0 spiro atoms. The van der Waals surface area contributed by atoms with Crippen LogP contribution in [0.2, 0.25) is 0 Å². The molecule has 0 aromatic carbocycles. The lowest BCUT2D eigenvalue weighted by Crippen LogP contribution is -2.31. The van der Waals surface area contributed by atoms with E-state index < -0.39 is 0 Å². The third-order valence-electron chi connectivity index (χ3n) is 2.52. The number of pyridine rings is 1. The molecular formula is C12H14BrN5. The third-order valence-corrected chi connectivity index (χ3v) is 2.95. The third kappa shape index (κ3) is 3.32. The first-order valence-corrected chi connectivity index (χ1v) is 6.32. The number of hydrogen-bond donors (Lipinski definition) is 2. The molecule has 0 amide bonds. The molecule has 0 saturated carbocycles. The average Bonchev–Trinajstić information content (AvgIpc) is 2.37. The molecule has 1 atom stereocenters. The number of hydrazine groups is 1. The molecule has 0 aliphatic rings. The number of nitrogens with two attached hydrogens (primary N) is 1. The molecule has 0 bridgehead atoms. The maximum absolute atomic E-state index is 5.57. The Morgan fingerprint density at radius 1 is 1.28 bits per heavy atom. The summed E-state index contributed by atoms with van der Waals surface area (Å²) in [5.41, 5.74) is 4.83. The summed E-state index contributed by atoms with van der Waals surface area (Å²) in [5.74, 6) is 6.25. The zero-order valence-corrected chi connectivity index (χ0v) is 11.6. The Kier molecular flexibility index (Phi) is 4.35. The summed E-state index contributed by atoms with van der Waals surface area (Å²) in [5, 5.41) is 0. The molecule has 0 aliphatic carbocycles. The number of aryl methyl sites for hydroxylation is 1. The molecule has 5 nitrogen and oxygen atoms in total. The Morgan fingerprint density at radius 3 is 2.61 bits per heavy atom. The largest absolute Gasteiger partial charge is 0.271 e. The van der Waals surface area contributed by atoms with E-state index in [1.54, 1.807) is 18.6 Å². The first-order valence-electron chi connectivity index (χ1n) is 5.53. The lowest BCUT2D eigenvalue weighted by Gasteiger charge is -2.14. The number of halogens is 1. The van der Waals surface area contributed by atoms with Gasteiger partial charge in [-0.1, -0.05) is 0 Å². The number of rotatable bonds is 4. The van der Waals surface area contributed by atoms with Crippen molar-refractivity contribution in [3.63, 3.8) is 0 Å². The predicted molar refractivity (Wildman–Crippen MR) is 72.5 cm³/mol. The predicted octanol–water partition coefficient (Wildman–Crippen LogP) is 1.69. The van der Waals surface area contributed by atoms with Crippen LogP contribution in [0.1, 0.15) is 23.0 Å². The van der Waals surface area contributed by atoms with Gasteiger partial charge in [0, 0.05) is 29.3 Å². The summed E-state index contributed by atoms with van der Waals surface area (Å²) in [7, 11) is 0. The fraction of sp³-hybridized carbons (Fsp3) is 0.250. The van der Waals surface area contributed by atoms with Gasteiger partial charge in [0.2, 0.25) is 0 Å². The van der Waals surface area contributed by atoms with Crippen LogP contribution < -0.4 is 11.3 Å². The molecule has 2 aromatic rings. The first kappa shape index (κ1) is 13.1. The van der Waals surface area contributed by atoms with E-state index in [9.17, 15) is 0 Å². The van der Waals surface area contributed by atoms with Gasteiger partial charge in [-0.3, -0.25) is 10.8 Å². The molecule has 6 heteroatoms. The fourth-order valence-corrected chi connectivity index (χ4v) is 2.02. The maximum atomic E-state index is 5.57. The van der Waals surface area contributed by atoms with Crippen molar-refractivity contribution >= 4 is 15.9 Å². The first-order chi connectivity index (χ1) is 8.69. The molecular weight excluding hydrogens is 294 g/mol. The van der Waals surface area contributed by atoms with Crippen molar-refractivity contribution < 1.29 is 0 Å². The number of hydrogen-bond acceptors (Lipinski definition) is 5. The van der Waals surface area contributed by atoms with Crippen molar-refractivity contribution in [2.24, 2.45) is 5.84 Å². The van der Waals surface area contributed by atoms with E-state index in [1.807, 2.05) is 19.2 Å². The minimum atomic E-state index is -0.123. The SMILES string of the molecule is Cc1cnc(C(Cc2cncc(Br)c2)NN)nc1. The molecule has 2 rings (SSSR count). The van der Waals surface area contributed by atoms with Crippen molar-refractivity contribution in [2.45, 2.75) is 19.4 Å². The van der Waals surface area contributed by atoms with Gasteiger partial charge in [0.05, 0.1) is 6.04 Å². The Labute approximate surface area is 114 Å². The van der Waals surface area contributed by atoms with Gasteiger partial charge >= 0.3 is 0 Å². The van der Waals surface area contributed by atoms with Crippen molar-refractivity contribution in [1.82, 2.24) is 20.4 Å². The van der Waals surface area contributed by atoms with Crippen molar-refractivity contribution in [3.05, 3.63) is 52.3 Å². The zero-order chi connectivity index (χ0) is 13.0. The molecule has 0 aliphatic heterocycles. The van der Waals surface area contributed by atoms with Crippen LogP contribution in [0.25, 0.3) is 0 Å². The lowest BCUT2D eigenvalue weighted by atomic mass is 10.1. The summed E-state index contributed by atoms with van der Waals surface area (Å²) in [6.45, 7) is 1.95. The van der Waals surface area contributed by atoms with E-state index >= 15 is 0 Å². The quantitative estimate of drug-likeness (QED) is 0.664. The zero-order valence-electron chi connectivity index (χ0n) is 9.97. The summed E-state index contributed by atoms with van der Waals surface area (Å²) < 4.78 is 0.945. The van der Waals surface area contributed by atoms with E-state index in [0.29, 0.717) is 12.2 Å². The van der Waals surface area contributed by atoms with E-state index in [-0.39, 0.29) is 6.04 Å². The lowest BCUT2D eigenvalue weighted by molar-refractivity contribution is 0.521. The molecule has 2 heterocycles. The van der Waals surface area contributed by atoms with Gasteiger partial charge in [0.1, 0.15) is 5.82 Å². The van der Waals surface area contributed by atoms with Crippen LogP contribution in [0, 0.1) is 6.92 Å². The van der Waals surface area contributed by atoms with Crippen molar-refractivity contribution in [2.75, 3.05) is 0 Å². The van der Waals surface area contributed by atoms with Gasteiger partial charge in [0.25, 0.3) is 0 Å². The molecule has 0 radical (unpaired) electrons. The highest BCUT2D eigenvalue weighted by Crippen LogP contribution is 2.16. The summed E-state index contributed by atoms with van der Waals surface area (Å²) >= 11 is 3.39. The molecule has 0 fully saturated rings. The van der Waals surface area contributed by atoms with Crippen LogP contribution in [0.5, 0.6) is 0 Å². The molecule has 94 valence electrons. The van der Waals surface area contributed by atoms with Gasteiger partial charge in [0.15, 0.2) is 0 Å². The highest BCUT2D eigenvalue weighted by molar-refractivity contribution is 9.10. The van der Waals surface area contributed by atoms with E-state index in [4.69, 9.17) is 5.84 Å². The Bertz CT molecular complexity index is 514. The molecule has 0 saturated heterocycles. The summed E-state index contributed by atoms with van der Waals surface area (Å²) in [6, 6.07) is 1.88. The van der Waals surface area contributed by atoms with Crippen LogP contribution >= 0.6 is 15.9 Å². The monoisotopic (exact) mass is 307 g/mol. The second-order valence-electron chi connectivity index (χ2n) is 4.05. The van der Waals surface area contributed by atoms with Crippen molar-refractivity contribution in [3.8, 4) is 0 Å².